The molecule has 0 spiro atoms. The largest absolute Gasteiger partial charge is 0.497 e. The Morgan fingerprint density at radius 2 is 1.84 bits per heavy atom. The zero-order valence-electron chi connectivity index (χ0n) is 29.0. The first kappa shape index (κ1) is 39.9. The van der Waals surface area contributed by atoms with E-state index in [1.165, 1.54) is 28.2 Å². The molecule has 266 valence electrons. The molecule has 5 atom stereocenters. The molecular weight excluding hydrogens is 736 g/mol. The van der Waals surface area contributed by atoms with Gasteiger partial charge >= 0.3 is 6.09 Å². The highest BCUT2D eigenvalue weighted by Crippen LogP contribution is 2.49. The van der Waals surface area contributed by atoms with Crippen LogP contribution >= 0.6 is 56.8 Å². The van der Waals surface area contributed by atoms with Crippen LogP contribution in [0, 0.1) is 17.8 Å². The lowest BCUT2D eigenvalue weighted by molar-refractivity contribution is 0.158. The predicted molar refractivity (Wildman–Crippen MR) is 210 cm³/mol. The van der Waals surface area contributed by atoms with Gasteiger partial charge in [0.1, 0.15) is 5.76 Å². The summed E-state index contributed by atoms with van der Waals surface area (Å²) in [6, 6.07) is 10.7. The van der Waals surface area contributed by atoms with E-state index in [2.05, 4.69) is 80.8 Å². The van der Waals surface area contributed by atoms with Crippen molar-refractivity contribution in [2.45, 2.75) is 81.0 Å². The summed E-state index contributed by atoms with van der Waals surface area (Å²) in [6.45, 7) is 12.7. The molecule has 0 radical (unpaired) electrons. The average molecular weight is 783 g/mol. The molecule has 4 rings (SSSR count). The van der Waals surface area contributed by atoms with Gasteiger partial charge in [0.15, 0.2) is 0 Å². The third-order valence-corrected chi connectivity index (χ3v) is 14.3. The van der Waals surface area contributed by atoms with Crippen LogP contribution < -0.4 is 4.72 Å². The smallest absolute Gasteiger partial charge is 0.421 e. The van der Waals surface area contributed by atoms with E-state index in [0.717, 1.165) is 40.2 Å². The Kier molecular flexibility index (Phi) is 13.6. The van der Waals surface area contributed by atoms with Crippen molar-refractivity contribution in [1.29, 1.82) is 0 Å². The molecule has 0 bridgehead atoms. The summed E-state index contributed by atoms with van der Waals surface area (Å²) in [7, 11) is 0.797. The first-order valence-corrected chi connectivity index (χ1v) is 20.5. The zero-order valence-corrected chi connectivity index (χ0v) is 34.2. The summed E-state index contributed by atoms with van der Waals surface area (Å²) in [6.07, 6.45) is 7.72. The van der Waals surface area contributed by atoms with Gasteiger partial charge in [-0.05, 0) is 109 Å². The molecule has 12 heteroatoms. The fourth-order valence-corrected chi connectivity index (χ4v) is 10.3. The number of hydrogen-bond donors (Lipinski definition) is 2. The maximum Gasteiger partial charge on any atom is 0.421 e. The molecule has 0 fully saturated rings. The number of thiol groups is 1. The molecule has 0 saturated carbocycles. The number of carbonyl (C=O) groups is 1. The molecule has 49 heavy (non-hydrogen) atoms. The van der Waals surface area contributed by atoms with Gasteiger partial charge in [0.05, 0.1) is 23.6 Å². The van der Waals surface area contributed by atoms with E-state index < -0.39 is 16.1 Å². The third-order valence-electron chi connectivity index (χ3n) is 9.63. The Balaban J connectivity index is 1.71. The summed E-state index contributed by atoms with van der Waals surface area (Å²) < 4.78 is 37.9. The van der Waals surface area contributed by atoms with Crippen LogP contribution in [-0.2, 0) is 30.7 Å². The Bertz CT molecular complexity index is 1820. The predicted octanol–water partition coefficient (Wildman–Crippen LogP) is 10.5. The number of carbonyl (C=O) groups excluding carboxylic acids is 1. The molecule has 1 N–H and O–H groups in total. The number of ether oxygens (including phenoxy) is 2. The quantitative estimate of drug-likeness (QED) is 0.142. The summed E-state index contributed by atoms with van der Waals surface area (Å²) in [4.78, 5) is 13.7. The fraction of sp³-hybridized carbons (Fsp3) is 0.432. The molecule has 5 unspecified atom stereocenters. The van der Waals surface area contributed by atoms with Gasteiger partial charge in [0.2, 0.25) is 0 Å². The van der Waals surface area contributed by atoms with Crippen molar-refractivity contribution < 1.29 is 22.7 Å². The number of thioether (sulfide) groups is 1. The van der Waals surface area contributed by atoms with E-state index >= 15 is 0 Å². The Morgan fingerprint density at radius 3 is 2.47 bits per heavy atom. The van der Waals surface area contributed by atoms with Gasteiger partial charge in [0, 0.05) is 21.1 Å². The maximum absolute atomic E-state index is 12.7. The fourth-order valence-electron chi connectivity index (χ4n) is 6.41. The van der Waals surface area contributed by atoms with Crippen LogP contribution in [0.15, 0.2) is 91.8 Å². The van der Waals surface area contributed by atoms with Crippen molar-refractivity contribution in [1.82, 2.24) is 4.72 Å². The topological polar surface area (TPSA) is 81.7 Å². The normalized spacial score (nSPS) is 22.0. The van der Waals surface area contributed by atoms with E-state index in [1.54, 1.807) is 31.9 Å². The summed E-state index contributed by atoms with van der Waals surface area (Å²) in [5.41, 5.74) is 5.56. The van der Waals surface area contributed by atoms with Crippen molar-refractivity contribution in [3.63, 3.8) is 0 Å². The highest BCUT2D eigenvalue weighted by molar-refractivity contribution is 8.02. The minimum atomic E-state index is -4.13. The summed E-state index contributed by atoms with van der Waals surface area (Å²) in [5, 5.41) is 0.951. The number of hydrogen-bond acceptors (Lipinski definition) is 7. The first-order valence-electron chi connectivity index (χ1n) is 16.2. The van der Waals surface area contributed by atoms with E-state index in [0.29, 0.717) is 15.8 Å². The lowest BCUT2D eigenvalue weighted by Gasteiger charge is -2.42. The molecule has 0 aliphatic heterocycles. The van der Waals surface area contributed by atoms with Crippen molar-refractivity contribution >= 4 is 72.9 Å². The van der Waals surface area contributed by atoms with E-state index in [4.69, 9.17) is 32.7 Å². The number of nitrogens with one attached hydrogen (secondary N) is 1. The van der Waals surface area contributed by atoms with Crippen LogP contribution in [0.4, 0.5) is 4.79 Å². The van der Waals surface area contributed by atoms with Gasteiger partial charge in [0.25, 0.3) is 10.0 Å². The molecule has 6 nitrogen and oxygen atoms in total. The molecule has 2 aromatic carbocycles. The molecule has 2 aliphatic rings. The molecule has 2 aromatic rings. The van der Waals surface area contributed by atoms with Crippen LogP contribution in [-0.4, -0.2) is 33.9 Å². The lowest BCUT2D eigenvalue weighted by atomic mass is 9.68. The van der Waals surface area contributed by atoms with Crippen LogP contribution in [0.3, 0.4) is 0 Å². The minimum Gasteiger partial charge on any atom is -0.497 e. The van der Waals surface area contributed by atoms with Crippen LogP contribution in [0.2, 0.25) is 10.0 Å². The van der Waals surface area contributed by atoms with Gasteiger partial charge in [-0.2, -0.15) is 0 Å². The second-order valence-corrected chi connectivity index (χ2v) is 17.9. The number of benzene rings is 2. The first-order chi connectivity index (χ1) is 23.0. The number of methoxy groups -OCH3 is 1. The van der Waals surface area contributed by atoms with E-state index in [9.17, 15) is 13.2 Å². The SMILES string of the molecule is CCOC(=O)NS(=O)(=O)c1ccc(CSC2=C(C)C(C)C=C(C(C)(C)c3ccc(S)c(Cl)c3)C(P)C(C3C=C(OC)C(C)=CC3)C2)c(Cl)c1. The summed E-state index contributed by atoms with van der Waals surface area (Å²) >= 11 is 19.5. The second kappa shape index (κ2) is 16.6. The molecule has 0 saturated heterocycles. The Morgan fingerprint density at radius 1 is 1.12 bits per heavy atom. The second-order valence-electron chi connectivity index (χ2n) is 13.1. The van der Waals surface area contributed by atoms with Crippen molar-refractivity contribution in [2.24, 2.45) is 17.8 Å². The molecule has 0 aromatic heterocycles. The highest BCUT2D eigenvalue weighted by atomic mass is 35.5. The monoisotopic (exact) mass is 781 g/mol. The molecule has 0 heterocycles. The van der Waals surface area contributed by atoms with Crippen molar-refractivity contribution in [3.8, 4) is 0 Å². The number of halogens is 2. The molecule has 1 amide bonds. The van der Waals surface area contributed by atoms with Gasteiger partial charge in [-0.1, -0.05) is 79.4 Å². The zero-order chi connectivity index (χ0) is 36.3. The molecular formula is C37H46Cl2NO5PS3. The van der Waals surface area contributed by atoms with Gasteiger partial charge in [-0.15, -0.1) is 33.6 Å². The standard InChI is InChI=1S/C37H46Cl2NO5PS3/c1-8-45-36(41)40-49(42,43)27-13-11-25(30(38)18-27)20-48-34-19-28(24-10-9-21(2)32(16-24)44-7)35(46)29(15-22(3)23(34)4)37(5,6)26-12-14-33(47)31(39)17-26/h9,11-18,22,24,28,35,47H,8,10,19-20,46H2,1-7H3,(H,40,41). The Hall–Kier alpha value is -1.87. The molecule has 2 aliphatic carbocycles. The van der Waals surface area contributed by atoms with Gasteiger partial charge < -0.3 is 9.47 Å². The van der Waals surface area contributed by atoms with Gasteiger partial charge in [-0.3, -0.25) is 0 Å². The number of allylic oxidation sites excluding steroid dienone is 7. The van der Waals surface area contributed by atoms with Gasteiger partial charge in [-0.25, -0.2) is 17.9 Å². The minimum absolute atomic E-state index is 0.0549. The Labute approximate surface area is 314 Å². The van der Waals surface area contributed by atoms with E-state index in [1.807, 2.05) is 16.9 Å². The highest BCUT2D eigenvalue weighted by Gasteiger charge is 2.39. The van der Waals surface area contributed by atoms with Crippen LogP contribution in [0.25, 0.3) is 0 Å². The number of sulfonamides is 1. The number of rotatable bonds is 10. The van der Waals surface area contributed by atoms with Crippen molar-refractivity contribution in [3.05, 3.63) is 103 Å². The lowest BCUT2D eigenvalue weighted by Crippen LogP contribution is -2.35. The van der Waals surface area contributed by atoms with Crippen molar-refractivity contribution in [2.75, 3.05) is 13.7 Å². The number of amides is 1. The maximum atomic E-state index is 12.7. The van der Waals surface area contributed by atoms with Crippen LogP contribution in [0.1, 0.15) is 65.5 Å². The third kappa shape index (κ3) is 9.33. The average Bonchev–Trinajstić information content (AvgIpc) is 3.04. The van der Waals surface area contributed by atoms with E-state index in [-0.39, 0.29) is 40.3 Å². The van der Waals surface area contributed by atoms with Crippen LogP contribution in [0.5, 0.6) is 0 Å². The summed E-state index contributed by atoms with van der Waals surface area (Å²) in [5.74, 6) is 2.10.